The fraction of sp³-hybridized carbons (Fsp3) is 0.448. The monoisotopic (exact) mass is 510 g/mol. The summed E-state index contributed by atoms with van der Waals surface area (Å²) in [5, 5.41) is 11.3. The number of Topliss-reactive ketones (excluding diaryl/α,β-unsaturated/α-hetero) is 1. The molecule has 8 nitrogen and oxygen atoms in total. The molecule has 0 spiro atoms. The minimum Gasteiger partial charge on any atom is -0.507 e. The van der Waals surface area contributed by atoms with Crippen molar-refractivity contribution < 1.29 is 28.9 Å². The number of likely N-dealkylation sites (tertiary alicyclic amines) is 1. The van der Waals surface area contributed by atoms with E-state index in [0.717, 1.165) is 19.3 Å². The molecule has 1 fully saturated rings. The highest BCUT2D eigenvalue weighted by atomic mass is 16.5. The molecule has 1 aliphatic rings. The number of ether oxygens (including phenoxy) is 3. The number of nitrogens with zero attached hydrogens (tertiary/aromatic N) is 2. The third kappa shape index (κ3) is 6.63. The summed E-state index contributed by atoms with van der Waals surface area (Å²) in [7, 11) is 5.36. The third-order valence-electron chi connectivity index (χ3n) is 6.19. The van der Waals surface area contributed by atoms with E-state index in [-0.39, 0.29) is 11.3 Å². The van der Waals surface area contributed by atoms with Gasteiger partial charge in [-0.3, -0.25) is 9.59 Å². The number of unbranched alkanes of at least 4 members (excludes halogenated alkanes) is 1. The van der Waals surface area contributed by atoms with Crippen LogP contribution in [-0.2, 0) is 9.59 Å². The number of likely N-dealkylation sites (N-methyl/N-ethyl adjacent to an activating group) is 1. The van der Waals surface area contributed by atoms with E-state index in [1.54, 1.807) is 43.5 Å². The average molecular weight is 511 g/mol. The van der Waals surface area contributed by atoms with Crippen molar-refractivity contribution in [3.63, 3.8) is 0 Å². The molecule has 0 saturated carbocycles. The van der Waals surface area contributed by atoms with Crippen molar-refractivity contribution in [3.8, 4) is 17.2 Å². The fourth-order valence-electron chi connectivity index (χ4n) is 4.15. The molecule has 1 amide bonds. The second-order valence-corrected chi connectivity index (χ2v) is 9.28. The van der Waals surface area contributed by atoms with Crippen LogP contribution in [0.25, 0.3) is 5.76 Å². The van der Waals surface area contributed by atoms with Crippen molar-refractivity contribution in [2.75, 3.05) is 47.5 Å². The molecule has 0 aromatic heterocycles. The molecule has 1 atom stereocenters. The summed E-state index contributed by atoms with van der Waals surface area (Å²) >= 11 is 0. The molecule has 0 aliphatic carbocycles. The first kappa shape index (κ1) is 28.1. The van der Waals surface area contributed by atoms with Crippen LogP contribution in [0.1, 0.15) is 50.3 Å². The van der Waals surface area contributed by atoms with E-state index < -0.39 is 17.7 Å². The first-order valence-corrected chi connectivity index (χ1v) is 12.8. The summed E-state index contributed by atoms with van der Waals surface area (Å²) in [6.45, 7) is 6.14. The Hall–Kier alpha value is -3.52. The topological polar surface area (TPSA) is 88.5 Å². The van der Waals surface area contributed by atoms with E-state index in [4.69, 9.17) is 14.2 Å². The molecule has 0 bridgehead atoms. The van der Waals surface area contributed by atoms with Gasteiger partial charge >= 0.3 is 0 Å². The van der Waals surface area contributed by atoms with Gasteiger partial charge in [-0.2, -0.15) is 0 Å². The summed E-state index contributed by atoms with van der Waals surface area (Å²) in [4.78, 5) is 29.9. The first-order valence-electron chi connectivity index (χ1n) is 12.8. The van der Waals surface area contributed by atoms with Gasteiger partial charge in [0, 0.05) is 18.7 Å². The molecule has 200 valence electrons. The van der Waals surface area contributed by atoms with E-state index >= 15 is 0 Å². The lowest BCUT2D eigenvalue weighted by Gasteiger charge is -2.27. The molecule has 1 heterocycles. The van der Waals surface area contributed by atoms with Crippen LogP contribution in [0.5, 0.6) is 17.2 Å². The highest BCUT2D eigenvalue weighted by Crippen LogP contribution is 2.42. The van der Waals surface area contributed by atoms with Crippen LogP contribution in [0, 0.1) is 0 Å². The van der Waals surface area contributed by atoms with E-state index in [1.165, 1.54) is 4.90 Å². The summed E-state index contributed by atoms with van der Waals surface area (Å²) in [5.74, 6) is 0.190. The van der Waals surface area contributed by atoms with Crippen LogP contribution in [0.4, 0.5) is 0 Å². The molecule has 37 heavy (non-hydrogen) atoms. The number of hydrogen-bond donors (Lipinski definition) is 1. The Bertz CT molecular complexity index is 1110. The zero-order valence-electron chi connectivity index (χ0n) is 22.5. The van der Waals surface area contributed by atoms with Crippen LogP contribution in [0.15, 0.2) is 48.0 Å². The third-order valence-corrected chi connectivity index (χ3v) is 6.19. The van der Waals surface area contributed by atoms with Gasteiger partial charge in [0.15, 0.2) is 11.5 Å². The number of benzene rings is 2. The van der Waals surface area contributed by atoms with Crippen LogP contribution in [0.3, 0.4) is 0 Å². The first-order chi connectivity index (χ1) is 17.8. The molecule has 2 aromatic carbocycles. The molecular formula is C29H38N2O6. The van der Waals surface area contributed by atoms with Crippen molar-refractivity contribution >= 4 is 17.4 Å². The molecule has 1 unspecified atom stereocenters. The van der Waals surface area contributed by atoms with Gasteiger partial charge in [0.25, 0.3) is 11.7 Å². The lowest BCUT2D eigenvalue weighted by atomic mass is 9.95. The van der Waals surface area contributed by atoms with Crippen LogP contribution < -0.4 is 14.2 Å². The second-order valence-electron chi connectivity index (χ2n) is 9.28. The molecule has 3 rings (SSSR count). The molecule has 0 radical (unpaired) electrons. The van der Waals surface area contributed by atoms with Gasteiger partial charge in [-0.25, -0.2) is 0 Å². The highest BCUT2D eigenvalue weighted by Gasteiger charge is 2.46. The Morgan fingerprint density at radius 1 is 0.973 bits per heavy atom. The smallest absolute Gasteiger partial charge is 0.295 e. The van der Waals surface area contributed by atoms with Gasteiger partial charge in [0.2, 0.25) is 0 Å². The summed E-state index contributed by atoms with van der Waals surface area (Å²) in [6, 6.07) is 11.5. The lowest BCUT2D eigenvalue weighted by molar-refractivity contribution is -0.140. The maximum absolute atomic E-state index is 13.3. The van der Waals surface area contributed by atoms with E-state index in [2.05, 4.69) is 6.92 Å². The average Bonchev–Trinajstić information content (AvgIpc) is 3.15. The molecule has 1 aliphatic heterocycles. The van der Waals surface area contributed by atoms with Crippen molar-refractivity contribution in [3.05, 3.63) is 59.2 Å². The maximum Gasteiger partial charge on any atom is 0.295 e. The predicted molar refractivity (Wildman–Crippen MR) is 143 cm³/mol. The molecule has 1 saturated heterocycles. The number of carbonyl (C=O) groups is 2. The Kier molecular flexibility index (Phi) is 9.97. The number of aliphatic hydroxyl groups is 1. The van der Waals surface area contributed by atoms with E-state index in [0.29, 0.717) is 54.7 Å². The van der Waals surface area contributed by atoms with Crippen LogP contribution >= 0.6 is 0 Å². The van der Waals surface area contributed by atoms with Gasteiger partial charge in [0.1, 0.15) is 11.5 Å². The molecule has 8 heteroatoms. The number of amides is 1. The normalized spacial score (nSPS) is 16.9. The highest BCUT2D eigenvalue weighted by molar-refractivity contribution is 6.46. The summed E-state index contributed by atoms with van der Waals surface area (Å²) in [6.07, 6.45) is 2.80. The van der Waals surface area contributed by atoms with Crippen molar-refractivity contribution in [1.82, 2.24) is 9.80 Å². The van der Waals surface area contributed by atoms with Crippen LogP contribution in [-0.4, -0.2) is 74.1 Å². The number of methoxy groups -OCH3 is 1. The number of carbonyl (C=O) groups excluding carboxylic acids is 2. The Labute approximate surface area is 219 Å². The number of rotatable bonds is 13. The zero-order valence-corrected chi connectivity index (χ0v) is 22.5. The largest absolute Gasteiger partial charge is 0.507 e. The minimum atomic E-state index is -0.769. The Balaban J connectivity index is 2.06. The standard InChI is InChI=1S/C29H38N2O6/c1-6-8-18-37-23-14-11-21(19-24(23)35-5)26-25(28(33)29(34)31(26)16-15-30(3)4)27(32)20-9-12-22(13-10-20)36-17-7-2/h9-14,19,26,32H,6-8,15-18H2,1-5H3. The molecule has 2 aromatic rings. The fourth-order valence-corrected chi connectivity index (χ4v) is 4.15. The van der Waals surface area contributed by atoms with Gasteiger partial charge in [-0.15, -0.1) is 0 Å². The number of ketones is 1. The van der Waals surface area contributed by atoms with Crippen molar-refractivity contribution in [2.24, 2.45) is 0 Å². The van der Waals surface area contributed by atoms with Gasteiger partial charge in [0.05, 0.1) is 31.9 Å². The van der Waals surface area contributed by atoms with Gasteiger partial charge in [-0.05, 0) is 68.9 Å². The van der Waals surface area contributed by atoms with Crippen molar-refractivity contribution in [2.45, 2.75) is 39.2 Å². The second kappa shape index (κ2) is 13.1. The predicted octanol–water partition coefficient (Wildman–Crippen LogP) is 4.65. The maximum atomic E-state index is 13.3. The number of hydrogen-bond acceptors (Lipinski definition) is 7. The molecular weight excluding hydrogens is 472 g/mol. The number of aliphatic hydroxyl groups excluding tert-OH is 1. The zero-order chi connectivity index (χ0) is 26.9. The van der Waals surface area contributed by atoms with Crippen molar-refractivity contribution in [1.29, 1.82) is 0 Å². The summed E-state index contributed by atoms with van der Waals surface area (Å²) in [5.41, 5.74) is 1.14. The van der Waals surface area contributed by atoms with Crippen LogP contribution in [0.2, 0.25) is 0 Å². The van der Waals surface area contributed by atoms with Gasteiger partial charge < -0.3 is 29.1 Å². The Morgan fingerprint density at radius 3 is 2.32 bits per heavy atom. The summed E-state index contributed by atoms with van der Waals surface area (Å²) < 4.78 is 17.1. The quantitative estimate of drug-likeness (QED) is 0.182. The Morgan fingerprint density at radius 2 is 1.70 bits per heavy atom. The van der Waals surface area contributed by atoms with E-state index in [1.807, 2.05) is 32.0 Å². The lowest BCUT2D eigenvalue weighted by Crippen LogP contribution is -2.35. The molecule has 1 N–H and O–H groups in total. The van der Waals surface area contributed by atoms with Gasteiger partial charge in [-0.1, -0.05) is 26.3 Å². The van der Waals surface area contributed by atoms with E-state index in [9.17, 15) is 14.7 Å². The SMILES string of the molecule is CCCCOc1ccc(C2C(=C(O)c3ccc(OCCC)cc3)C(=O)C(=O)N2CCN(C)C)cc1OC. The minimum absolute atomic E-state index is 0.0488.